The van der Waals surface area contributed by atoms with Crippen molar-refractivity contribution in [3.8, 4) is 22.4 Å². The van der Waals surface area contributed by atoms with Crippen molar-refractivity contribution in [3.63, 3.8) is 0 Å². The molecule has 0 radical (unpaired) electrons. The summed E-state index contributed by atoms with van der Waals surface area (Å²) in [5.41, 5.74) is 12.4. The highest BCUT2D eigenvalue weighted by atomic mass is 14.9. The van der Waals surface area contributed by atoms with Crippen molar-refractivity contribution >= 4 is 46.2 Å². The van der Waals surface area contributed by atoms with Crippen LogP contribution in [0.1, 0.15) is 72.4 Å². The molecule has 1 aliphatic heterocycles. The van der Waals surface area contributed by atoms with Crippen LogP contribution < -0.4 is 37.3 Å². The fourth-order valence-electron chi connectivity index (χ4n) is 7.80. The van der Waals surface area contributed by atoms with Gasteiger partial charge in [-0.15, -0.1) is 0 Å². The van der Waals surface area contributed by atoms with E-state index in [0.717, 1.165) is 66.4 Å². The van der Waals surface area contributed by atoms with E-state index in [0.29, 0.717) is 11.0 Å². The largest absolute Gasteiger partial charge is 0.240 e. The Labute approximate surface area is 302 Å². The van der Waals surface area contributed by atoms with E-state index in [-0.39, 0.29) is 16.7 Å². The van der Waals surface area contributed by atoms with E-state index in [1.165, 1.54) is 0 Å². The number of hydrogen-bond acceptors (Lipinski definition) is 0. The number of fused-ring (bicyclic) bond motifs is 2. The van der Waals surface area contributed by atoms with Gasteiger partial charge in [0.15, 0.2) is 6.20 Å². The summed E-state index contributed by atoms with van der Waals surface area (Å²) in [7, 11) is 1.82. The van der Waals surface area contributed by atoms with Crippen LogP contribution in [0, 0.1) is 41.3 Å². The molecule has 0 aliphatic carbocycles. The second kappa shape index (κ2) is 12.4. The van der Waals surface area contributed by atoms with Crippen molar-refractivity contribution in [3.05, 3.63) is 148 Å². The van der Waals surface area contributed by atoms with E-state index in [9.17, 15) is 0 Å². The molecule has 5 aromatic carbocycles. The summed E-state index contributed by atoms with van der Waals surface area (Å²) in [6.07, 6.45) is 1.62. The standard InChI is InChI=1S/C45H46B2N/c1-28(2)37-26-43(48(9)27-34(37)8)38-24-35(21-20-29(38)3)36-22-23-41-42(25-36)47(45-32(6)16-13-17-33(45)7)40-19-11-10-18-39(40)46(41)44-30(4)14-12-15-31(44)5/h10-28H,1-9H3/q+1/i4D3,6D3,8D3,28D. The molecule has 7 rings (SSSR count). The minimum absolute atomic E-state index is 0.144. The molecule has 48 heavy (non-hydrogen) atoms. The first-order chi connectivity index (χ1) is 27.0. The van der Waals surface area contributed by atoms with Crippen molar-refractivity contribution in [1.29, 1.82) is 0 Å². The molecule has 0 saturated carbocycles. The number of nitrogens with zero attached hydrogens (tertiary/aromatic N) is 1. The Hall–Kier alpha value is -4.62. The SMILES string of the molecule is [2H]C([2H])([2H])c1c[n+](C)c(-c2cc(-c3ccc4c(c3)B(c3c(C)cccc3C([2H])([2H])[2H])c3ccccc3B4c3c(C)cccc3C([2H])([2H])[2H])ccc2C)cc1C([2H])(C)C. The van der Waals surface area contributed by atoms with Crippen LogP contribution in [0.15, 0.2) is 109 Å². The maximum absolute atomic E-state index is 8.87. The highest BCUT2D eigenvalue weighted by Crippen LogP contribution is 2.30. The Kier molecular flexibility index (Phi) is 5.73. The van der Waals surface area contributed by atoms with Gasteiger partial charge in [-0.3, -0.25) is 0 Å². The number of aromatic nitrogens is 1. The summed E-state index contributed by atoms with van der Waals surface area (Å²) in [6.45, 7) is 1.23. The second-order valence-electron chi connectivity index (χ2n) is 13.5. The monoisotopic (exact) mass is 632 g/mol. The van der Waals surface area contributed by atoms with E-state index < -0.39 is 39.9 Å². The molecule has 1 aromatic heterocycles. The van der Waals surface area contributed by atoms with Gasteiger partial charge < -0.3 is 0 Å². The number of hydrogen-bond donors (Lipinski definition) is 0. The Morgan fingerprint density at radius 3 is 1.71 bits per heavy atom. The summed E-state index contributed by atoms with van der Waals surface area (Å²) in [5, 5.41) is 0. The van der Waals surface area contributed by atoms with Gasteiger partial charge in [-0.1, -0.05) is 160 Å². The van der Waals surface area contributed by atoms with E-state index >= 15 is 0 Å². The zero-order chi connectivity index (χ0) is 42.3. The number of pyridine rings is 1. The molecular weight excluding hydrogens is 576 g/mol. The van der Waals surface area contributed by atoms with Gasteiger partial charge in [0.2, 0.25) is 19.1 Å². The van der Waals surface area contributed by atoms with Crippen LogP contribution in [-0.4, -0.2) is 13.4 Å². The molecular formula is C45H46B2N+. The second-order valence-corrected chi connectivity index (χ2v) is 13.5. The summed E-state index contributed by atoms with van der Waals surface area (Å²) < 4.78 is 87.0. The predicted molar refractivity (Wildman–Crippen MR) is 210 cm³/mol. The lowest BCUT2D eigenvalue weighted by molar-refractivity contribution is -0.660. The molecule has 0 bridgehead atoms. The third-order valence-electron chi connectivity index (χ3n) is 10.2. The van der Waals surface area contributed by atoms with E-state index in [2.05, 4.69) is 24.3 Å². The number of aryl methyl sites for hydroxylation is 7. The summed E-state index contributed by atoms with van der Waals surface area (Å²) in [4.78, 5) is 0. The average molecular weight is 633 g/mol. The van der Waals surface area contributed by atoms with Crippen LogP contribution in [0.3, 0.4) is 0 Å². The Balaban J connectivity index is 1.52. The zero-order valence-electron chi connectivity index (χ0n) is 38.5. The number of rotatable bonds is 5. The first-order valence-electron chi connectivity index (χ1n) is 21.6. The molecule has 236 valence electrons. The normalized spacial score (nSPS) is 16.5. The lowest BCUT2D eigenvalue weighted by Crippen LogP contribution is -2.75. The van der Waals surface area contributed by atoms with Crippen molar-refractivity contribution in [1.82, 2.24) is 0 Å². The quantitative estimate of drug-likeness (QED) is 0.158. The third-order valence-corrected chi connectivity index (χ3v) is 10.2. The molecule has 0 unspecified atom stereocenters. The first-order valence-corrected chi connectivity index (χ1v) is 16.6. The van der Waals surface area contributed by atoms with Gasteiger partial charge in [-0.05, 0) is 75.5 Å². The molecule has 2 heterocycles. The molecule has 1 nitrogen and oxygen atoms in total. The molecule has 1 aliphatic rings. The Morgan fingerprint density at radius 1 is 0.562 bits per heavy atom. The lowest BCUT2D eigenvalue weighted by Gasteiger charge is -2.34. The van der Waals surface area contributed by atoms with Crippen LogP contribution in [0.2, 0.25) is 0 Å². The minimum atomic E-state index is -2.39. The number of benzene rings is 5. The minimum Gasteiger partial charge on any atom is -0.201 e. The van der Waals surface area contributed by atoms with E-state index in [1.807, 2.05) is 87.0 Å². The highest BCUT2D eigenvalue weighted by molar-refractivity contribution is 7.11. The molecule has 0 atom stereocenters. The topological polar surface area (TPSA) is 3.88 Å². The van der Waals surface area contributed by atoms with E-state index in [4.69, 9.17) is 13.7 Å². The summed E-state index contributed by atoms with van der Waals surface area (Å²) >= 11 is 0. The van der Waals surface area contributed by atoms with Crippen LogP contribution in [0.25, 0.3) is 22.4 Å². The highest BCUT2D eigenvalue weighted by Gasteiger charge is 2.40. The Morgan fingerprint density at radius 2 is 1.10 bits per heavy atom. The van der Waals surface area contributed by atoms with Gasteiger partial charge in [-0.25, -0.2) is 4.57 Å². The molecule has 0 spiro atoms. The van der Waals surface area contributed by atoms with Crippen molar-refractivity contribution in [2.24, 2.45) is 7.05 Å². The first kappa shape index (κ1) is 22.1. The average Bonchev–Trinajstić information content (AvgIpc) is 3.12. The van der Waals surface area contributed by atoms with Crippen molar-refractivity contribution in [2.75, 3.05) is 0 Å². The maximum atomic E-state index is 8.87. The van der Waals surface area contributed by atoms with Gasteiger partial charge in [-0.2, -0.15) is 0 Å². The summed E-state index contributed by atoms with van der Waals surface area (Å²) in [5.74, 6) is -1.17. The van der Waals surface area contributed by atoms with Gasteiger partial charge >= 0.3 is 0 Å². The maximum Gasteiger partial charge on any atom is 0.240 e. The molecule has 6 aromatic rings. The third kappa shape index (κ3) is 5.34. The van der Waals surface area contributed by atoms with Crippen LogP contribution in [-0.2, 0) is 7.05 Å². The van der Waals surface area contributed by atoms with Crippen LogP contribution >= 0.6 is 0 Å². The zero-order valence-corrected chi connectivity index (χ0v) is 28.5. The lowest BCUT2D eigenvalue weighted by atomic mass is 9.20. The molecule has 0 amide bonds. The molecule has 0 N–H and O–H groups in total. The molecule has 0 fully saturated rings. The molecule has 0 saturated heterocycles. The summed E-state index contributed by atoms with van der Waals surface area (Å²) in [6, 6.07) is 33.1. The van der Waals surface area contributed by atoms with Crippen molar-refractivity contribution in [2.45, 2.75) is 61.1 Å². The van der Waals surface area contributed by atoms with Gasteiger partial charge in [0.1, 0.15) is 7.05 Å². The molecule has 3 heteroatoms. The van der Waals surface area contributed by atoms with Gasteiger partial charge in [0, 0.05) is 30.9 Å². The predicted octanol–water partition coefficient (Wildman–Crippen LogP) is 6.16. The van der Waals surface area contributed by atoms with E-state index in [1.54, 1.807) is 44.3 Å². The van der Waals surface area contributed by atoms with Crippen LogP contribution in [0.5, 0.6) is 0 Å². The fraction of sp³-hybridized carbons (Fsp3) is 0.222. The van der Waals surface area contributed by atoms with Gasteiger partial charge in [0.05, 0.1) is 0 Å². The van der Waals surface area contributed by atoms with Crippen molar-refractivity contribution < 1.29 is 18.3 Å². The van der Waals surface area contributed by atoms with Crippen LogP contribution in [0.4, 0.5) is 0 Å². The smallest absolute Gasteiger partial charge is 0.201 e. The van der Waals surface area contributed by atoms with Gasteiger partial charge in [0.25, 0.3) is 0 Å². The fourth-order valence-corrected chi connectivity index (χ4v) is 7.80. The Bertz CT molecular complexity index is 2580.